The van der Waals surface area contributed by atoms with Gasteiger partial charge in [0.2, 0.25) is 0 Å². The van der Waals surface area contributed by atoms with Crippen molar-refractivity contribution in [3.05, 3.63) is 82.3 Å². The smallest absolute Gasteiger partial charge is 0.390 e. The minimum atomic E-state index is -4.56. The third-order valence-corrected chi connectivity index (χ3v) is 6.75. The van der Waals surface area contributed by atoms with E-state index in [1.54, 1.807) is 34.1 Å². The SMILES string of the molecule is Cc1ccc(C(=O)Nc2cc(CN3CC(O)C3)cc(C(F)(F)F)c2)cc1N1C=C(c2cnn(C)c2C)NN1. The van der Waals surface area contributed by atoms with Crippen LogP contribution < -0.4 is 21.3 Å². The van der Waals surface area contributed by atoms with Crippen molar-refractivity contribution in [1.82, 2.24) is 25.6 Å². The molecule has 200 valence electrons. The van der Waals surface area contributed by atoms with E-state index in [2.05, 4.69) is 21.4 Å². The molecule has 12 heteroatoms. The van der Waals surface area contributed by atoms with E-state index in [1.807, 2.05) is 32.0 Å². The van der Waals surface area contributed by atoms with Crippen LogP contribution in [-0.2, 0) is 19.8 Å². The van der Waals surface area contributed by atoms with Crippen LogP contribution >= 0.6 is 0 Å². The number of likely N-dealkylation sites (tertiary alicyclic amines) is 1. The first-order valence-corrected chi connectivity index (χ1v) is 12.0. The van der Waals surface area contributed by atoms with E-state index in [-0.39, 0.29) is 17.8 Å². The van der Waals surface area contributed by atoms with Gasteiger partial charge in [0.05, 0.1) is 29.2 Å². The molecule has 9 nitrogen and oxygen atoms in total. The molecule has 2 aromatic carbocycles. The van der Waals surface area contributed by atoms with Gasteiger partial charge in [-0.25, -0.2) is 0 Å². The maximum absolute atomic E-state index is 13.6. The summed E-state index contributed by atoms with van der Waals surface area (Å²) in [5.74, 6) is -0.532. The second-order valence-electron chi connectivity index (χ2n) is 9.64. The number of aryl methyl sites for hydroxylation is 2. The summed E-state index contributed by atoms with van der Waals surface area (Å²) >= 11 is 0. The van der Waals surface area contributed by atoms with Crippen LogP contribution in [0.3, 0.4) is 0 Å². The van der Waals surface area contributed by atoms with Gasteiger partial charge >= 0.3 is 6.18 Å². The summed E-state index contributed by atoms with van der Waals surface area (Å²) in [5.41, 5.74) is 10.3. The zero-order valence-electron chi connectivity index (χ0n) is 21.1. The van der Waals surface area contributed by atoms with Crippen molar-refractivity contribution in [2.45, 2.75) is 32.7 Å². The molecule has 3 aromatic rings. The molecule has 4 N–H and O–H groups in total. The average Bonchev–Trinajstić information content (AvgIpc) is 3.44. The predicted molar refractivity (Wildman–Crippen MR) is 137 cm³/mol. The van der Waals surface area contributed by atoms with Crippen LogP contribution in [0.2, 0.25) is 0 Å². The Hall–Kier alpha value is -3.87. The van der Waals surface area contributed by atoms with Crippen molar-refractivity contribution < 1.29 is 23.1 Å². The predicted octanol–water partition coefficient (Wildman–Crippen LogP) is 3.31. The number of aromatic nitrogens is 2. The molecule has 1 fully saturated rings. The Kier molecular flexibility index (Phi) is 6.63. The number of benzene rings is 2. The van der Waals surface area contributed by atoms with Crippen molar-refractivity contribution in [2.75, 3.05) is 23.4 Å². The van der Waals surface area contributed by atoms with Crippen LogP contribution in [-0.4, -0.2) is 44.9 Å². The van der Waals surface area contributed by atoms with Crippen LogP contribution in [0.4, 0.5) is 24.5 Å². The Morgan fingerprint density at radius 1 is 1.18 bits per heavy atom. The molecule has 2 aliphatic heterocycles. The molecular weight excluding hydrogens is 499 g/mol. The fraction of sp³-hybridized carbons (Fsp3) is 0.308. The Morgan fingerprint density at radius 3 is 2.61 bits per heavy atom. The minimum absolute atomic E-state index is 0.0539. The highest BCUT2D eigenvalue weighted by molar-refractivity contribution is 6.05. The standard InChI is InChI=1S/C26H28F3N7O2/c1-15-4-5-18(8-24(15)36-14-23(32-33-36)22-10-30-34(3)16(22)2)25(38)31-20-7-17(11-35-12-21(37)13-35)6-19(9-20)26(27,28)29/h4-10,14,21,32-33,37H,11-13H2,1-3H3,(H,31,38). The van der Waals surface area contributed by atoms with E-state index >= 15 is 0 Å². The normalized spacial score (nSPS) is 16.3. The summed E-state index contributed by atoms with van der Waals surface area (Å²) < 4.78 is 42.4. The van der Waals surface area contributed by atoms with Crippen LogP contribution in [0.25, 0.3) is 5.70 Å². The highest BCUT2D eigenvalue weighted by atomic mass is 19.4. The molecule has 1 saturated heterocycles. The lowest BCUT2D eigenvalue weighted by atomic mass is 10.0. The van der Waals surface area contributed by atoms with Gasteiger partial charge in [0.15, 0.2) is 0 Å². The number of hydrazine groups is 2. The number of aliphatic hydroxyl groups is 1. The second kappa shape index (κ2) is 9.78. The van der Waals surface area contributed by atoms with E-state index in [1.165, 1.54) is 6.07 Å². The molecule has 0 radical (unpaired) electrons. The maximum Gasteiger partial charge on any atom is 0.416 e. The van der Waals surface area contributed by atoms with Crippen LogP contribution in [0.5, 0.6) is 0 Å². The molecule has 2 aliphatic rings. The van der Waals surface area contributed by atoms with Gasteiger partial charge in [-0.1, -0.05) is 6.07 Å². The first-order chi connectivity index (χ1) is 18.0. The Balaban J connectivity index is 1.37. The van der Waals surface area contributed by atoms with Crippen LogP contribution in [0, 0.1) is 13.8 Å². The number of halogens is 3. The summed E-state index contributed by atoms with van der Waals surface area (Å²) in [6, 6.07) is 8.61. The number of β-amino-alcohol motifs (C(OH)–C–C–N with tert-alkyl or cyclic N) is 1. The van der Waals surface area contributed by atoms with E-state index in [9.17, 15) is 23.1 Å². The number of hydrogen-bond donors (Lipinski definition) is 4. The van der Waals surface area contributed by atoms with Crippen LogP contribution in [0.15, 0.2) is 48.8 Å². The summed E-state index contributed by atoms with van der Waals surface area (Å²) in [6.45, 7) is 4.90. The van der Waals surface area contributed by atoms with Crippen molar-refractivity contribution in [3.63, 3.8) is 0 Å². The Labute approximate surface area is 217 Å². The summed E-state index contributed by atoms with van der Waals surface area (Å²) in [5, 5.41) is 18.1. The highest BCUT2D eigenvalue weighted by Crippen LogP contribution is 2.33. The van der Waals surface area contributed by atoms with E-state index in [4.69, 9.17) is 0 Å². The van der Waals surface area contributed by atoms with Gasteiger partial charge in [-0.3, -0.25) is 19.4 Å². The maximum atomic E-state index is 13.6. The van der Waals surface area contributed by atoms with Crippen molar-refractivity contribution in [3.8, 4) is 0 Å². The van der Waals surface area contributed by atoms with Gasteiger partial charge in [0.25, 0.3) is 5.91 Å². The molecule has 0 atom stereocenters. The number of rotatable bonds is 6. The lowest BCUT2D eigenvalue weighted by molar-refractivity contribution is -0.137. The van der Waals surface area contributed by atoms with Gasteiger partial charge in [0.1, 0.15) is 0 Å². The number of alkyl halides is 3. The van der Waals surface area contributed by atoms with Crippen LogP contribution in [0.1, 0.15) is 38.3 Å². The summed E-state index contributed by atoms with van der Waals surface area (Å²) in [6.07, 6.45) is -1.43. The first-order valence-electron chi connectivity index (χ1n) is 12.0. The highest BCUT2D eigenvalue weighted by Gasteiger charge is 2.32. The van der Waals surface area contributed by atoms with Gasteiger partial charge in [0, 0.05) is 55.4 Å². The Morgan fingerprint density at radius 2 is 1.95 bits per heavy atom. The monoisotopic (exact) mass is 527 g/mol. The zero-order valence-corrected chi connectivity index (χ0v) is 21.1. The first kappa shape index (κ1) is 25.8. The van der Waals surface area contributed by atoms with E-state index < -0.39 is 23.8 Å². The van der Waals surface area contributed by atoms with E-state index in [0.717, 1.165) is 34.7 Å². The third-order valence-electron chi connectivity index (χ3n) is 6.75. The topological polar surface area (TPSA) is 97.7 Å². The molecule has 0 bridgehead atoms. The lowest BCUT2D eigenvalue weighted by Gasteiger charge is -2.36. The number of aliphatic hydroxyl groups excluding tert-OH is 1. The molecule has 38 heavy (non-hydrogen) atoms. The molecule has 0 spiro atoms. The second-order valence-corrected chi connectivity index (χ2v) is 9.64. The lowest BCUT2D eigenvalue weighted by Crippen LogP contribution is -2.49. The van der Waals surface area contributed by atoms with Crippen molar-refractivity contribution >= 4 is 23.0 Å². The molecule has 0 unspecified atom stereocenters. The van der Waals surface area contributed by atoms with Crippen molar-refractivity contribution in [1.29, 1.82) is 0 Å². The Bertz CT molecular complexity index is 1410. The van der Waals surface area contributed by atoms with Gasteiger partial charge < -0.3 is 15.8 Å². The number of nitrogens with zero attached hydrogens (tertiary/aromatic N) is 4. The fourth-order valence-corrected chi connectivity index (χ4v) is 4.51. The summed E-state index contributed by atoms with van der Waals surface area (Å²) in [7, 11) is 1.86. The molecule has 0 saturated carbocycles. The largest absolute Gasteiger partial charge is 0.416 e. The van der Waals surface area contributed by atoms with Gasteiger partial charge in [-0.15, -0.1) is 5.53 Å². The average molecular weight is 528 g/mol. The molecule has 1 amide bonds. The van der Waals surface area contributed by atoms with Crippen molar-refractivity contribution in [2.24, 2.45) is 7.05 Å². The third kappa shape index (κ3) is 5.23. The number of carbonyl (C=O) groups excluding carboxylic acids is 1. The van der Waals surface area contributed by atoms with Gasteiger partial charge in [-0.05, 0) is 55.3 Å². The zero-order chi connectivity index (χ0) is 27.2. The number of carbonyl (C=O) groups is 1. The number of anilines is 2. The summed E-state index contributed by atoms with van der Waals surface area (Å²) in [4.78, 5) is 15.0. The molecule has 1 aromatic heterocycles. The quantitative estimate of drug-likeness (QED) is 0.391. The number of hydrogen-bond acceptors (Lipinski definition) is 7. The van der Waals surface area contributed by atoms with E-state index in [0.29, 0.717) is 24.3 Å². The fourth-order valence-electron chi connectivity index (χ4n) is 4.51. The molecule has 3 heterocycles. The number of nitrogens with one attached hydrogen (secondary N) is 3. The van der Waals surface area contributed by atoms with Gasteiger partial charge in [-0.2, -0.15) is 18.3 Å². The number of amides is 1. The molecule has 0 aliphatic carbocycles. The molecular formula is C26H28F3N7O2. The minimum Gasteiger partial charge on any atom is -0.390 e. The molecule has 5 rings (SSSR count).